The van der Waals surface area contributed by atoms with Crippen LogP contribution in [-0.2, 0) is 0 Å². The zero-order valence-corrected chi connectivity index (χ0v) is 12.6. The van der Waals surface area contributed by atoms with Gasteiger partial charge in [-0.2, -0.15) is 0 Å². The molecule has 96 valence electrons. The monoisotopic (exact) mass is 289 g/mol. The minimum Gasteiger partial charge on any atom is -1.00 e. The van der Waals surface area contributed by atoms with Gasteiger partial charge in [0.05, 0.1) is 26.2 Å². The summed E-state index contributed by atoms with van der Waals surface area (Å²) in [5.41, 5.74) is 0. The second-order valence-corrected chi connectivity index (χ2v) is 6.21. The van der Waals surface area contributed by atoms with Crippen molar-refractivity contribution in [1.29, 1.82) is 0 Å². The third-order valence-corrected chi connectivity index (χ3v) is 5.03. The van der Waals surface area contributed by atoms with Gasteiger partial charge in [-0.3, -0.25) is 0 Å². The van der Waals surface area contributed by atoms with Crippen LogP contribution in [0.5, 0.6) is 0 Å². The van der Waals surface area contributed by atoms with Crippen molar-refractivity contribution in [3.8, 4) is 0 Å². The Hall–Kier alpha value is 0.440. The van der Waals surface area contributed by atoms with Crippen molar-refractivity contribution >= 4 is 0 Å². The maximum atomic E-state index is 2.51. The predicted molar refractivity (Wildman–Crippen MR) is 65.9 cm³/mol. The molecule has 0 bridgehead atoms. The summed E-state index contributed by atoms with van der Waals surface area (Å²) in [6, 6.07) is 1.95. The van der Waals surface area contributed by atoms with Crippen LogP contribution in [0.4, 0.5) is 0 Å². The number of rotatable bonds is 2. The minimum atomic E-state index is 0. The van der Waals surface area contributed by atoms with E-state index < -0.39 is 0 Å². The molecule has 0 atom stereocenters. The summed E-state index contributed by atoms with van der Waals surface area (Å²) < 4.78 is 1.33. The Balaban J connectivity index is 0.00000128. The van der Waals surface area contributed by atoms with Crippen LogP contribution in [0.2, 0.25) is 0 Å². The van der Waals surface area contributed by atoms with Gasteiger partial charge in [0.2, 0.25) is 0 Å². The summed E-state index contributed by atoms with van der Waals surface area (Å²) in [7, 11) is 5.01. The van der Waals surface area contributed by atoms with Gasteiger partial charge in [0, 0.05) is 0 Å². The molecule has 2 fully saturated rings. The van der Waals surface area contributed by atoms with Crippen molar-refractivity contribution < 1.29 is 21.5 Å². The Kier molecular flexibility index (Phi) is 5.79. The van der Waals surface area contributed by atoms with E-state index in [4.69, 9.17) is 0 Å². The van der Waals surface area contributed by atoms with E-state index in [1.807, 2.05) is 0 Å². The Morgan fingerprint density at radius 1 is 0.625 bits per heavy atom. The number of nitrogens with zero attached hydrogens (tertiary/aromatic N) is 1. The largest absolute Gasteiger partial charge is 1.00 e. The molecule has 0 aromatic carbocycles. The molecule has 16 heavy (non-hydrogen) atoms. The molecule has 0 unspecified atom stereocenters. The maximum Gasteiger partial charge on any atom is 0.0888 e. The number of hydrogen-bond donors (Lipinski definition) is 0. The third kappa shape index (κ3) is 3.22. The molecule has 0 aromatic heterocycles. The van der Waals surface area contributed by atoms with E-state index in [0.29, 0.717) is 0 Å². The van der Waals surface area contributed by atoms with Gasteiger partial charge in [-0.1, -0.05) is 12.8 Å². The third-order valence-electron chi connectivity index (χ3n) is 5.03. The normalized spacial score (nSPS) is 25.1. The first kappa shape index (κ1) is 14.5. The zero-order valence-electron chi connectivity index (χ0n) is 11.1. The van der Waals surface area contributed by atoms with Crippen LogP contribution in [0.25, 0.3) is 0 Å². The zero-order chi connectivity index (χ0) is 10.7. The van der Waals surface area contributed by atoms with E-state index in [2.05, 4.69) is 14.1 Å². The van der Waals surface area contributed by atoms with Crippen molar-refractivity contribution in [2.45, 2.75) is 76.3 Å². The first-order valence-electron chi connectivity index (χ1n) is 7.04. The maximum absolute atomic E-state index is 2.51. The van der Waals surface area contributed by atoms with Gasteiger partial charge in [-0.15, -0.1) is 0 Å². The molecule has 0 aromatic rings. The van der Waals surface area contributed by atoms with Crippen LogP contribution in [0.1, 0.15) is 64.2 Å². The lowest BCUT2D eigenvalue weighted by molar-refractivity contribution is -0.941. The average Bonchev–Trinajstić information content (AvgIpc) is 2.31. The second-order valence-electron chi connectivity index (χ2n) is 6.21. The van der Waals surface area contributed by atoms with E-state index in [9.17, 15) is 0 Å². The highest BCUT2D eigenvalue weighted by molar-refractivity contribution is 4.72. The topological polar surface area (TPSA) is 0 Å². The van der Waals surface area contributed by atoms with Crippen LogP contribution in [0.15, 0.2) is 0 Å². The standard InChI is InChI=1S/C14H28N.BrH/c1-15(2,13-9-5-3-6-10-13)14-11-7-4-8-12-14;/h13-14H,3-12H2,1-2H3;1H/q+1;/p-1. The van der Waals surface area contributed by atoms with Gasteiger partial charge in [0.15, 0.2) is 0 Å². The van der Waals surface area contributed by atoms with Gasteiger partial charge in [-0.25, -0.2) is 0 Å². The van der Waals surface area contributed by atoms with Gasteiger partial charge in [0.25, 0.3) is 0 Å². The molecule has 2 aliphatic rings. The molecule has 0 radical (unpaired) electrons. The van der Waals surface area contributed by atoms with Crippen LogP contribution >= 0.6 is 0 Å². The van der Waals surface area contributed by atoms with Crippen molar-refractivity contribution in [2.75, 3.05) is 14.1 Å². The van der Waals surface area contributed by atoms with Gasteiger partial charge in [-0.05, 0) is 51.4 Å². The van der Waals surface area contributed by atoms with E-state index in [-0.39, 0.29) is 17.0 Å². The highest BCUT2D eigenvalue weighted by Crippen LogP contribution is 2.33. The van der Waals surface area contributed by atoms with Crippen molar-refractivity contribution in [1.82, 2.24) is 0 Å². The van der Waals surface area contributed by atoms with Crippen molar-refractivity contribution in [3.63, 3.8) is 0 Å². The molecule has 2 aliphatic carbocycles. The van der Waals surface area contributed by atoms with Gasteiger partial charge < -0.3 is 21.5 Å². The molecule has 0 N–H and O–H groups in total. The van der Waals surface area contributed by atoms with Crippen LogP contribution in [0.3, 0.4) is 0 Å². The summed E-state index contributed by atoms with van der Waals surface area (Å²) in [4.78, 5) is 0. The molecule has 1 nitrogen and oxygen atoms in total. The van der Waals surface area contributed by atoms with Crippen molar-refractivity contribution in [2.24, 2.45) is 0 Å². The van der Waals surface area contributed by atoms with E-state index in [1.54, 1.807) is 0 Å². The highest BCUT2D eigenvalue weighted by Gasteiger charge is 2.37. The van der Waals surface area contributed by atoms with E-state index >= 15 is 0 Å². The fraction of sp³-hybridized carbons (Fsp3) is 1.00. The molecule has 0 spiro atoms. The molecule has 0 heterocycles. The first-order chi connectivity index (χ1) is 7.21. The fourth-order valence-electron chi connectivity index (χ4n) is 3.79. The smallest absolute Gasteiger partial charge is 0.0888 e. The van der Waals surface area contributed by atoms with Crippen LogP contribution < -0.4 is 17.0 Å². The molecular weight excluding hydrogens is 262 g/mol. The molecule has 2 heteroatoms. The number of halogens is 1. The summed E-state index contributed by atoms with van der Waals surface area (Å²) in [5, 5.41) is 0. The Morgan fingerprint density at radius 2 is 0.938 bits per heavy atom. The summed E-state index contributed by atoms with van der Waals surface area (Å²) in [6.45, 7) is 0. The highest BCUT2D eigenvalue weighted by atomic mass is 79.9. The molecule has 2 rings (SSSR count). The van der Waals surface area contributed by atoms with Gasteiger partial charge >= 0.3 is 0 Å². The molecule has 0 aliphatic heterocycles. The quantitative estimate of drug-likeness (QED) is 0.658. The summed E-state index contributed by atoms with van der Waals surface area (Å²) in [6.07, 6.45) is 14.9. The van der Waals surface area contributed by atoms with E-state index in [1.165, 1.54) is 68.7 Å². The van der Waals surface area contributed by atoms with Gasteiger partial charge in [0.1, 0.15) is 0 Å². The fourth-order valence-corrected chi connectivity index (χ4v) is 3.79. The van der Waals surface area contributed by atoms with Crippen LogP contribution in [-0.4, -0.2) is 30.7 Å². The molecule has 0 saturated heterocycles. The minimum absolute atomic E-state index is 0. The van der Waals surface area contributed by atoms with E-state index in [0.717, 1.165) is 12.1 Å². The summed E-state index contributed by atoms with van der Waals surface area (Å²) >= 11 is 0. The number of quaternary nitrogens is 1. The van der Waals surface area contributed by atoms with Crippen molar-refractivity contribution in [3.05, 3.63) is 0 Å². The predicted octanol–water partition coefficient (Wildman–Crippen LogP) is 0.732. The lowest BCUT2D eigenvalue weighted by atomic mass is 9.87. The first-order valence-corrected chi connectivity index (χ1v) is 7.04. The number of hydrogen-bond acceptors (Lipinski definition) is 0. The van der Waals surface area contributed by atoms with Crippen LogP contribution in [0, 0.1) is 0 Å². The molecular formula is C14H28BrN. The molecule has 2 saturated carbocycles. The SMILES string of the molecule is C[N+](C)(C1CCCCC1)C1CCCCC1.[Br-]. The lowest BCUT2D eigenvalue weighted by Crippen LogP contribution is -3.00. The Bertz CT molecular complexity index is 171. The second kappa shape index (κ2) is 6.39. The average molecular weight is 290 g/mol. The molecule has 0 amide bonds. The summed E-state index contributed by atoms with van der Waals surface area (Å²) in [5.74, 6) is 0. The Labute approximate surface area is 112 Å². The Morgan fingerprint density at radius 3 is 1.25 bits per heavy atom. The lowest BCUT2D eigenvalue weighted by Gasteiger charge is -2.47.